The van der Waals surface area contributed by atoms with Gasteiger partial charge in [-0.1, -0.05) is 30.3 Å². The van der Waals surface area contributed by atoms with Crippen molar-refractivity contribution in [3.8, 4) is 5.75 Å². The molecule has 38 heavy (non-hydrogen) atoms. The van der Waals surface area contributed by atoms with Crippen LogP contribution in [0.2, 0.25) is 0 Å². The van der Waals surface area contributed by atoms with Gasteiger partial charge in [-0.25, -0.2) is 15.0 Å². The molecule has 5 rings (SSSR count). The smallest absolute Gasteiger partial charge is 0.256 e. The largest absolute Gasteiger partial charge is 0.497 e. The summed E-state index contributed by atoms with van der Waals surface area (Å²) >= 11 is 0. The fraction of sp³-hybridized carbons (Fsp3) is 0.333. The summed E-state index contributed by atoms with van der Waals surface area (Å²) < 4.78 is 11.0. The van der Waals surface area contributed by atoms with Crippen molar-refractivity contribution in [3.05, 3.63) is 77.9 Å². The molecule has 1 aliphatic rings. The molecule has 11 heteroatoms. The maximum Gasteiger partial charge on any atom is 0.256 e. The molecule has 1 amide bonds. The maximum atomic E-state index is 12.9. The molecule has 2 aromatic heterocycles. The Kier molecular flexibility index (Phi) is 7.61. The lowest BCUT2D eigenvalue weighted by atomic mass is 9.86. The molecule has 2 aromatic carbocycles. The van der Waals surface area contributed by atoms with E-state index < -0.39 is 24.2 Å². The number of aliphatic hydroxyl groups is 2. The third-order valence-corrected chi connectivity index (χ3v) is 6.93. The number of nitrogens with one attached hydrogen (secondary N) is 2. The lowest BCUT2D eigenvalue weighted by molar-refractivity contribution is -0.118. The van der Waals surface area contributed by atoms with Gasteiger partial charge in [0.2, 0.25) is 0 Å². The van der Waals surface area contributed by atoms with E-state index in [1.54, 1.807) is 31.4 Å². The maximum absolute atomic E-state index is 12.9. The normalized spacial score (nSPS) is 21.9. The number of anilines is 1. The molecule has 1 fully saturated rings. The number of nitrogens with zero attached hydrogens (tertiary/aromatic N) is 4. The summed E-state index contributed by atoms with van der Waals surface area (Å²) in [4.78, 5) is 31.5. The van der Waals surface area contributed by atoms with Gasteiger partial charge in [0.05, 0.1) is 44.2 Å². The number of H-pyrrole nitrogens is 1. The van der Waals surface area contributed by atoms with Crippen LogP contribution in [0, 0.1) is 0 Å². The zero-order valence-corrected chi connectivity index (χ0v) is 21.1. The summed E-state index contributed by atoms with van der Waals surface area (Å²) in [6.07, 6.45) is -0.209. The van der Waals surface area contributed by atoms with E-state index in [-0.39, 0.29) is 18.3 Å². The lowest BCUT2D eigenvalue weighted by Gasteiger charge is -2.45. The minimum absolute atomic E-state index is 0.248. The van der Waals surface area contributed by atoms with Gasteiger partial charge in [-0.05, 0) is 29.8 Å². The molecule has 0 bridgehead atoms. The first-order valence-corrected chi connectivity index (χ1v) is 12.3. The predicted octanol–water partition coefficient (Wildman–Crippen LogP) is 1.95. The van der Waals surface area contributed by atoms with Gasteiger partial charge in [0.15, 0.2) is 11.5 Å². The van der Waals surface area contributed by atoms with Crippen molar-refractivity contribution in [2.75, 3.05) is 32.7 Å². The van der Waals surface area contributed by atoms with Gasteiger partial charge < -0.3 is 30.0 Å². The molecule has 0 spiro atoms. The number of methoxy groups -OCH3 is 2. The molecule has 4 N–H and O–H groups in total. The van der Waals surface area contributed by atoms with Crippen molar-refractivity contribution in [1.82, 2.24) is 24.8 Å². The standard InChI is InChI=1S/C27H30N6O5/c1-37-18-10-8-16(9-11-18)12-33-13-19(23(38-2)22(35)20(33)14-34)24-30-25-21(28-15-29-25)26(31-24)32-27(36)17-6-4-3-5-7-17/h3-11,15,19-20,22-23,34-35H,12-14H2,1-2H3,(H2,28,29,30,31,32,36)/t19-,20+,22+,23+/m0/s1. The molecule has 4 aromatic rings. The van der Waals surface area contributed by atoms with Crippen LogP contribution in [0.5, 0.6) is 5.75 Å². The summed E-state index contributed by atoms with van der Waals surface area (Å²) in [6.45, 7) is 0.623. The van der Waals surface area contributed by atoms with Crippen molar-refractivity contribution in [2.24, 2.45) is 0 Å². The highest BCUT2D eigenvalue weighted by Crippen LogP contribution is 2.34. The predicted molar refractivity (Wildman–Crippen MR) is 140 cm³/mol. The van der Waals surface area contributed by atoms with Crippen molar-refractivity contribution in [2.45, 2.75) is 30.7 Å². The fourth-order valence-corrected chi connectivity index (χ4v) is 4.94. The Balaban J connectivity index is 1.48. The third kappa shape index (κ3) is 5.09. The SMILES string of the molecule is COc1ccc(CN2C[C@H](c3nc(NC(=O)c4ccccc4)c4[nH]cnc4n3)[C@@H](OC)[C@H](O)[C@H]2CO)cc1. The van der Waals surface area contributed by atoms with Crippen molar-refractivity contribution < 1.29 is 24.5 Å². The Morgan fingerprint density at radius 2 is 1.89 bits per heavy atom. The lowest BCUT2D eigenvalue weighted by Crippen LogP contribution is -2.59. The molecule has 3 heterocycles. The van der Waals surface area contributed by atoms with E-state index in [2.05, 4.69) is 20.3 Å². The number of imidazole rings is 1. The van der Waals surface area contributed by atoms with Crippen LogP contribution >= 0.6 is 0 Å². The third-order valence-electron chi connectivity index (χ3n) is 6.93. The number of hydrogen-bond donors (Lipinski definition) is 4. The number of aromatic nitrogens is 4. The van der Waals surface area contributed by atoms with Crippen molar-refractivity contribution in [1.29, 1.82) is 0 Å². The minimum Gasteiger partial charge on any atom is -0.497 e. The molecular weight excluding hydrogens is 488 g/mol. The molecular formula is C27H30N6O5. The number of amides is 1. The average Bonchev–Trinajstić information content (AvgIpc) is 3.43. The van der Waals surface area contributed by atoms with Crippen LogP contribution in [-0.4, -0.2) is 86.6 Å². The summed E-state index contributed by atoms with van der Waals surface area (Å²) in [5.41, 5.74) is 2.35. The van der Waals surface area contributed by atoms with Crippen molar-refractivity contribution in [3.63, 3.8) is 0 Å². The highest BCUT2D eigenvalue weighted by Gasteiger charge is 2.45. The van der Waals surface area contributed by atoms with Gasteiger partial charge in [0, 0.05) is 25.8 Å². The van der Waals surface area contributed by atoms with Gasteiger partial charge in [0.1, 0.15) is 17.1 Å². The highest BCUT2D eigenvalue weighted by molar-refractivity contribution is 6.06. The summed E-state index contributed by atoms with van der Waals surface area (Å²) in [5, 5.41) is 24.3. The average molecular weight is 519 g/mol. The number of likely N-dealkylation sites (tertiary alicyclic amines) is 1. The second kappa shape index (κ2) is 11.2. The first-order valence-electron chi connectivity index (χ1n) is 12.3. The highest BCUT2D eigenvalue weighted by atomic mass is 16.5. The zero-order valence-electron chi connectivity index (χ0n) is 21.1. The van der Waals surface area contributed by atoms with Crippen LogP contribution in [-0.2, 0) is 11.3 Å². The Labute approximate surface area is 219 Å². The van der Waals surface area contributed by atoms with Crippen LogP contribution in [0.15, 0.2) is 60.9 Å². The number of rotatable bonds is 8. The van der Waals surface area contributed by atoms with E-state index in [9.17, 15) is 15.0 Å². The fourth-order valence-electron chi connectivity index (χ4n) is 4.94. The van der Waals surface area contributed by atoms with E-state index >= 15 is 0 Å². The Morgan fingerprint density at radius 3 is 2.58 bits per heavy atom. The van der Waals surface area contributed by atoms with E-state index in [0.717, 1.165) is 11.3 Å². The number of ether oxygens (including phenoxy) is 2. The van der Waals surface area contributed by atoms with Crippen LogP contribution in [0.4, 0.5) is 5.82 Å². The molecule has 0 radical (unpaired) electrons. The zero-order chi connectivity index (χ0) is 26.6. The summed E-state index contributed by atoms with van der Waals surface area (Å²) in [6, 6.07) is 15.9. The molecule has 1 aliphatic heterocycles. The number of aliphatic hydroxyl groups excluding tert-OH is 2. The molecule has 0 unspecified atom stereocenters. The number of carbonyl (C=O) groups excluding carboxylic acids is 1. The van der Waals surface area contributed by atoms with Crippen LogP contribution < -0.4 is 10.1 Å². The van der Waals surface area contributed by atoms with Gasteiger partial charge in [-0.2, -0.15) is 0 Å². The van der Waals surface area contributed by atoms with E-state index in [1.165, 1.54) is 13.4 Å². The quantitative estimate of drug-likeness (QED) is 0.275. The second-order valence-electron chi connectivity index (χ2n) is 9.18. The van der Waals surface area contributed by atoms with Crippen LogP contribution in [0.1, 0.15) is 27.7 Å². The molecule has 4 atom stereocenters. The van der Waals surface area contributed by atoms with Gasteiger partial charge >= 0.3 is 0 Å². The monoisotopic (exact) mass is 518 g/mol. The Bertz CT molecular complexity index is 1380. The first-order chi connectivity index (χ1) is 18.5. The molecule has 0 saturated carbocycles. The number of carbonyl (C=O) groups is 1. The number of benzene rings is 2. The van der Waals surface area contributed by atoms with Gasteiger partial charge in [0.25, 0.3) is 5.91 Å². The number of fused-ring (bicyclic) bond motifs is 1. The van der Waals surface area contributed by atoms with Crippen LogP contribution in [0.3, 0.4) is 0 Å². The topological polar surface area (TPSA) is 146 Å². The Morgan fingerprint density at radius 1 is 1.13 bits per heavy atom. The summed E-state index contributed by atoms with van der Waals surface area (Å²) in [5.74, 6) is 0.611. The number of aromatic amines is 1. The molecule has 11 nitrogen and oxygen atoms in total. The number of hydrogen-bond acceptors (Lipinski definition) is 9. The van der Waals surface area contributed by atoms with E-state index in [0.29, 0.717) is 35.6 Å². The Hall–Kier alpha value is -3.90. The van der Waals surface area contributed by atoms with Gasteiger partial charge in [-0.15, -0.1) is 0 Å². The van der Waals surface area contributed by atoms with Crippen molar-refractivity contribution >= 4 is 22.9 Å². The second-order valence-corrected chi connectivity index (χ2v) is 9.18. The summed E-state index contributed by atoms with van der Waals surface area (Å²) in [7, 11) is 3.12. The molecule has 1 saturated heterocycles. The first kappa shape index (κ1) is 25.7. The van der Waals surface area contributed by atoms with E-state index in [4.69, 9.17) is 14.5 Å². The molecule has 198 valence electrons. The minimum atomic E-state index is -1.01. The van der Waals surface area contributed by atoms with Crippen LogP contribution in [0.25, 0.3) is 11.2 Å². The molecule has 0 aliphatic carbocycles. The van der Waals surface area contributed by atoms with E-state index in [1.807, 2.05) is 35.2 Å². The number of piperidine rings is 1. The van der Waals surface area contributed by atoms with Gasteiger partial charge in [-0.3, -0.25) is 9.69 Å².